The Bertz CT molecular complexity index is 4620. The molecule has 1 fully saturated rings. The third kappa shape index (κ3) is 38.6. The van der Waals surface area contributed by atoms with Crippen molar-refractivity contribution < 1.29 is 115 Å². The molecule has 138 heavy (non-hydrogen) atoms. The van der Waals surface area contributed by atoms with Crippen LogP contribution >= 0.6 is 0 Å². The Hall–Kier alpha value is -12.8. The highest BCUT2D eigenvalue weighted by Crippen LogP contribution is 2.26. The Morgan fingerprint density at radius 3 is 1.27 bits per heavy atom. The molecule has 46 heteroatoms. The standard InChI is InChI=1S/C92H152N22O24/c1-27-92(26,83(137)103-57(36-39-63(94)119)61(117)44-55(35-38-62(93)118)71(125)100-56(46-115)43-54-32-29-28-30-33-54)113-82(136)90(22,23)112-75(129)66(48(4)5)104-74(128)60-34-31-41-114(60)84(138)91(24,25)110-73(127)59(42-47(2)3)101-65(121)45-96-77(131)85(12,13)111-76(130)67(49(6)7)105-81(135)89(20,21)109-72(126)58(37-40-64(95)120)102-68(122)50(8)97-79(133)87(16,17)107-70(124)52(10)99-80(134)88(18,19)108-69(123)51(9)98-78(132)86(14,15)106-53(11)116/h28-30,32-33,47-52,55-60,66-67,115H,27,31,34-46H2,1-26H3,(H2,93,118)(H2,94,119)(H2,95,120)(H,96,131)(H,97,133)(H,98,132)(H,99,134)(H,100,125)(H,101,121)(H,102,122)(H,103,137)(H,104,128)(H,105,135)(H,106,116)(H,107,124)(H,108,123)(H,109,126)(H,110,127)(H,111,130)(H,112,129)(H,113,136). The summed E-state index contributed by atoms with van der Waals surface area (Å²) in [4.78, 5) is 313. The summed E-state index contributed by atoms with van der Waals surface area (Å²) in [6, 6.07) is -4.17. The summed E-state index contributed by atoms with van der Waals surface area (Å²) in [5.41, 5.74) is 3.11. The lowest BCUT2D eigenvalue weighted by molar-refractivity contribution is -0.146. The Morgan fingerprint density at radius 1 is 0.413 bits per heavy atom. The molecule has 0 bridgehead atoms. The zero-order valence-corrected chi connectivity index (χ0v) is 84.6. The Balaban J connectivity index is 2.18. The molecule has 46 nitrogen and oxygen atoms in total. The van der Waals surface area contributed by atoms with Crippen LogP contribution in [0.4, 0.5) is 0 Å². The number of carbonyl (C=O) groups excluding carboxylic acids is 23. The van der Waals surface area contributed by atoms with E-state index in [0.29, 0.717) is 6.42 Å². The van der Waals surface area contributed by atoms with Crippen LogP contribution in [0.5, 0.6) is 0 Å². The minimum Gasteiger partial charge on any atom is -0.394 e. The number of hydrogen-bond donors (Lipinski definition) is 22. The van der Waals surface area contributed by atoms with Crippen LogP contribution in [0, 0.1) is 23.7 Å². The number of aliphatic hydroxyl groups excluding tert-OH is 1. The predicted octanol–water partition coefficient (Wildman–Crippen LogP) is -3.95. The second-order valence-corrected chi connectivity index (χ2v) is 40.3. The SMILES string of the molecule is CCC(C)(NC(=O)C(C)(C)NC(=O)C(NC(=O)C1CCCN1C(=O)C(C)(C)NC(=O)C(CC(C)C)NC(=O)CNC(=O)C(C)(C)NC(=O)C(NC(=O)C(C)(C)NC(=O)C(CCC(N)=O)NC(=O)C(C)NC(=O)C(C)(C)NC(=O)C(C)NC(=O)C(C)(C)NC(=O)C(C)NC(=O)C(C)(C)NC(C)=O)C(C)C)C(C)C)C(=O)NC(CCC(N)=O)C(=O)CC(CCC(N)=O)C(=O)NC(CO)Cc1ccccc1. The van der Waals surface area contributed by atoms with Crippen LogP contribution in [0.1, 0.15) is 256 Å². The van der Waals surface area contributed by atoms with E-state index in [9.17, 15) is 115 Å². The average Bonchev–Trinajstić information content (AvgIpc) is 1.59. The van der Waals surface area contributed by atoms with Gasteiger partial charge in [-0.15, -0.1) is 0 Å². The van der Waals surface area contributed by atoms with E-state index in [0.717, 1.165) is 5.56 Å². The fraction of sp³-hybridized carbons (Fsp3) is 0.685. The minimum absolute atomic E-state index is 0.00848. The normalized spacial score (nSPS) is 15.7. The summed E-state index contributed by atoms with van der Waals surface area (Å²) in [7, 11) is 0. The summed E-state index contributed by atoms with van der Waals surface area (Å²) in [5, 5.41) is 56.0. The van der Waals surface area contributed by atoms with Gasteiger partial charge in [0, 0.05) is 45.1 Å². The van der Waals surface area contributed by atoms with E-state index in [1.165, 1.54) is 136 Å². The number of aliphatic hydroxyl groups is 1. The lowest BCUT2D eigenvalue weighted by atomic mass is 9.90. The molecule has 1 aromatic carbocycles. The molecule has 0 aliphatic carbocycles. The fourth-order valence-corrected chi connectivity index (χ4v) is 14.1. The molecule has 22 amide bonds. The molecule has 0 spiro atoms. The molecule has 1 aliphatic rings. The number of carbonyl (C=O) groups is 23. The molecule has 774 valence electrons. The van der Waals surface area contributed by atoms with Crippen molar-refractivity contribution in [1.82, 2.24) is 101 Å². The van der Waals surface area contributed by atoms with Crippen molar-refractivity contribution >= 4 is 136 Å². The number of nitrogens with two attached hydrogens (primary N) is 3. The molecule has 12 atom stereocenters. The quantitative estimate of drug-likeness (QED) is 0.0296. The van der Waals surface area contributed by atoms with Gasteiger partial charge in [0.05, 0.1) is 25.2 Å². The first kappa shape index (κ1) is 121. The van der Waals surface area contributed by atoms with Crippen molar-refractivity contribution in [2.24, 2.45) is 40.9 Å². The summed E-state index contributed by atoms with van der Waals surface area (Å²) in [6.45, 7) is 35.2. The first-order valence-corrected chi connectivity index (χ1v) is 46.1. The molecule has 1 aliphatic heterocycles. The summed E-state index contributed by atoms with van der Waals surface area (Å²) in [6.07, 6.45) is -2.13. The fourth-order valence-electron chi connectivity index (χ4n) is 14.1. The van der Waals surface area contributed by atoms with Gasteiger partial charge in [-0.05, 0) is 199 Å². The van der Waals surface area contributed by atoms with Crippen LogP contribution in [0.2, 0.25) is 0 Å². The average molecular weight is 1950 g/mol. The van der Waals surface area contributed by atoms with Gasteiger partial charge in [0.15, 0.2) is 5.78 Å². The van der Waals surface area contributed by atoms with Gasteiger partial charge in [0.25, 0.3) is 0 Å². The molecule has 0 radical (unpaired) electrons. The maximum Gasteiger partial charge on any atom is 0.248 e. The van der Waals surface area contributed by atoms with E-state index < -0.39 is 297 Å². The summed E-state index contributed by atoms with van der Waals surface area (Å²) < 4.78 is 0. The second-order valence-electron chi connectivity index (χ2n) is 40.3. The number of amides is 22. The summed E-state index contributed by atoms with van der Waals surface area (Å²) in [5.74, 6) is -22.0. The Kier molecular flexibility index (Phi) is 45.8. The van der Waals surface area contributed by atoms with Crippen molar-refractivity contribution in [2.75, 3.05) is 19.7 Å². The molecule has 1 saturated heterocycles. The number of nitrogens with one attached hydrogen (secondary N) is 18. The maximum atomic E-state index is 14.6. The predicted molar refractivity (Wildman–Crippen MR) is 505 cm³/mol. The maximum absolute atomic E-state index is 14.6. The highest BCUT2D eigenvalue weighted by atomic mass is 16.3. The van der Waals surface area contributed by atoms with Gasteiger partial charge in [-0.25, -0.2) is 0 Å². The van der Waals surface area contributed by atoms with Gasteiger partial charge in [0.1, 0.15) is 92.6 Å². The lowest BCUT2D eigenvalue weighted by Crippen LogP contribution is -2.66. The molecule has 2 rings (SSSR count). The molecular weight excluding hydrogens is 1800 g/mol. The number of nitrogens with zero attached hydrogens (tertiary/aromatic N) is 1. The first-order chi connectivity index (χ1) is 63.2. The van der Waals surface area contributed by atoms with E-state index in [1.807, 2.05) is 0 Å². The number of ketones is 1. The van der Waals surface area contributed by atoms with Crippen molar-refractivity contribution in [3.63, 3.8) is 0 Å². The smallest absolute Gasteiger partial charge is 0.248 e. The molecule has 1 heterocycles. The van der Waals surface area contributed by atoms with Crippen LogP contribution in [0.3, 0.4) is 0 Å². The van der Waals surface area contributed by atoms with Crippen LogP contribution in [0.25, 0.3) is 0 Å². The molecule has 0 aromatic heterocycles. The van der Waals surface area contributed by atoms with Crippen molar-refractivity contribution in [3.8, 4) is 0 Å². The highest BCUT2D eigenvalue weighted by molar-refractivity contribution is 6.05. The third-order valence-electron chi connectivity index (χ3n) is 23.1. The van der Waals surface area contributed by atoms with Crippen molar-refractivity contribution in [3.05, 3.63) is 35.9 Å². The minimum atomic E-state index is -1.91. The van der Waals surface area contributed by atoms with E-state index in [2.05, 4.69) is 95.7 Å². The lowest BCUT2D eigenvalue weighted by Gasteiger charge is -2.36. The van der Waals surface area contributed by atoms with Crippen molar-refractivity contribution in [1.29, 1.82) is 0 Å². The van der Waals surface area contributed by atoms with E-state index in [1.54, 1.807) is 78.8 Å². The number of rotatable bonds is 56. The van der Waals surface area contributed by atoms with E-state index >= 15 is 0 Å². The molecule has 25 N–H and O–H groups in total. The zero-order valence-electron chi connectivity index (χ0n) is 84.6. The number of primary amides is 3. The largest absolute Gasteiger partial charge is 0.394 e. The molecule has 1 aromatic rings. The number of benzene rings is 1. The van der Waals surface area contributed by atoms with Gasteiger partial charge < -0.3 is 123 Å². The number of likely N-dealkylation sites (tertiary alicyclic amines) is 1. The van der Waals surface area contributed by atoms with Crippen LogP contribution < -0.4 is 113 Å². The number of Topliss-reactive ketones (excluding diaryl/α,β-unsaturated/α-hetero) is 1. The van der Waals surface area contributed by atoms with Gasteiger partial charge >= 0.3 is 0 Å². The van der Waals surface area contributed by atoms with Crippen LogP contribution in [-0.4, -0.2) is 270 Å². The molecular formula is C92H152N22O24. The van der Waals surface area contributed by atoms with E-state index in [4.69, 9.17) is 17.2 Å². The topological polar surface area (TPSA) is 711 Å². The molecule has 12 unspecified atom stereocenters. The number of hydrogen-bond acceptors (Lipinski definition) is 24. The van der Waals surface area contributed by atoms with Crippen LogP contribution in [-0.2, 0) is 117 Å². The van der Waals surface area contributed by atoms with Crippen molar-refractivity contribution in [2.45, 2.75) is 362 Å². The molecule has 0 saturated carbocycles. The van der Waals surface area contributed by atoms with Gasteiger partial charge in [-0.3, -0.25) is 110 Å². The second kappa shape index (κ2) is 52.1. The Labute approximate surface area is 806 Å². The van der Waals surface area contributed by atoms with E-state index in [-0.39, 0.29) is 57.4 Å². The van der Waals surface area contributed by atoms with Gasteiger partial charge in [0.2, 0.25) is 130 Å². The summed E-state index contributed by atoms with van der Waals surface area (Å²) >= 11 is 0. The van der Waals surface area contributed by atoms with Crippen LogP contribution in [0.15, 0.2) is 30.3 Å². The first-order valence-electron chi connectivity index (χ1n) is 46.1. The Morgan fingerprint density at radius 2 is 0.819 bits per heavy atom. The third-order valence-corrected chi connectivity index (χ3v) is 23.1. The van der Waals surface area contributed by atoms with Gasteiger partial charge in [-0.2, -0.15) is 0 Å². The van der Waals surface area contributed by atoms with Gasteiger partial charge in [-0.1, -0.05) is 78.8 Å². The highest BCUT2D eigenvalue weighted by Gasteiger charge is 2.48. The monoisotopic (exact) mass is 1950 g/mol. The zero-order chi connectivity index (χ0) is 106.